The lowest BCUT2D eigenvalue weighted by Crippen LogP contribution is -2.41. The first-order valence-electron chi connectivity index (χ1n) is 10.0. The summed E-state index contributed by atoms with van der Waals surface area (Å²) in [5.41, 5.74) is 1.66. The van der Waals surface area contributed by atoms with Crippen molar-refractivity contribution in [3.05, 3.63) is 41.0 Å². The van der Waals surface area contributed by atoms with Gasteiger partial charge in [-0.25, -0.2) is 13.4 Å². The highest BCUT2D eigenvalue weighted by atomic mass is 127. The first-order chi connectivity index (χ1) is 14.2. The molecule has 1 aliphatic heterocycles. The number of ether oxygens (including phenoxy) is 1. The Bertz CT molecular complexity index is 1020. The second-order valence-electron chi connectivity index (χ2n) is 7.63. The lowest BCUT2D eigenvalue weighted by molar-refractivity contribution is 0.113. The van der Waals surface area contributed by atoms with Gasteiger partial charge in [0.05, 0.1) is 24.1 Å². The summed E-state index contributed by atoms with van der Waals surface area (Å²) in [6, 6.07) is 5.31. The smallest absolute Gasteiger partial charge is 0.192 e. The van der Waals surface area contributed by atoms with Crippen molar-refractivity contribution in [3.63, 3.8) is 0 Å². The number of nitrogens with zero attached hydrogens (tertiary/aromatic N) is 4. The van der Waals surface area contributed by atoms with Gasteiger partial charge in [0.25, 0.3) is 0 Å². The molecular formula is C20H31IN6O3S. The molecule has 2 aromatic rings. The van der Waals surface area contributed by atoms with Crippen LogP contribution >= 0.6 is 24.0 Å². The topological polar surface area (TPSA) is 110 Å². The summed E-state index contributed by atoms with van der Waals surface area (Å²) in [6.45, 7) is 6.09. The molecule has 1 aromatic carbocycles. The first kappa shape index (κ1) is 25.5. The lowest BCUT2D eigenvalue weighted by Gasteiger charge is -2.15. The van der Waals surface area contributed by atoms with E-state index >= 15 is 0 Å². The molecule has 172 valence electrons. The second kappa shape index (κ2) is 11.2. The zero-order valence-corrected chi connectivity index (χ0v) is 21.5. The van der Waals surface area contributed by atoms with E-state index in [-0.39, 0.29) is 30.1 Å². The highest BCUT2D eigenvalue weighted by molar-refractivity contribution is 14.0. The monoisotopic (exact) mass is 562 g/mol. The normalized spacial score (nSPS) is 16.8. The van der Waals surface area contributed by atoms with Crippen LogP contribution in [0.25, 0.3) is 0 Å². The van der Waals surface area contributed by atoms with Crippen molar-refractivity contribution in [1.82, 2.24) is 25.4 Å². The van der Waals surface area contributed by atoms with Gasteiger partial charge < -0.3 is 19.9 Å². The van der Waals surface area contributed by atoms with E-state index in [1.54, 1.807) is 19.1 Å². The summed E-state index contributed by atoms with van der Waals surface area (Å²) >= 11 is 0. The summed E-state index contributed by atoms with van der Waals surface area (Å²) in [5, 5.41) is 14.9. The Kier molecular flexibility index (Phi) is 9.25. The fourth-order valence-corrected chi connectivity index (χ4v) is 4.31. The minimum atomic E-state index is -3.23. The standard InChI is InChI=1S/C20H30N6O3S.HI/c1-14-10-16(7-8-18(14)30(4,27)28)11-21-20(22-12-17-6-5-9-29-17)23-13-19-25-24-15(2)26(19)3;/h7-8,10,17H,5-6,9,11-13H2,1-4H3,(H2,21,22,23);1H. The van der Waals surface area contributed by atoms with Crippen molar-refractivity contribution in [2.24, 2.45) is 12.0 Å². The van der Waals surface area contributed by atoms with Crippen LogP contribution in [0.4, 0.5) is 0 Å². The van der Waals surface area contributed by atoms with Crippen molar-refractivity contribution in [1.29, 1.82) is 0 Å². The summed E-state index contributed by atoms with van der Waals surface area (Å²) in [6.07, 6.45) is 3.52. The maximum Gasteiger partial charge on any atom is 0.192 e. The molecule has 0 amide bonds. The molecule has 0 bridgehead atoms. The third kappa shape index (κ3) is 7.14. The van der Waals surface area contributed by atoms with Gasteiger partial charge in [-0.2, -0.15) is 0 Å². The van der Waals surface area contributed by atoms with E-state index in [1.165, 1.54) is 6.26 Å². The van der Waals surface area contributed by atoms with Gasteiger partial charge in [0.1, 0.15) is 5.82 Å². The number of halogens is 1. The molecule has 0 saturated carbocycles. The van der Waals surface area contributed by atoms with Crippen molar-refractivity contribution in [3.8, 4) is 0 Å². The number of aryl methyl sites for hydroxylation is 2. The number of benzene rings is 1. The average Bonchev–Trinajstić information content (AvgIpc) is 3.31. The Balaban J connectivity index is 0.00000341. The number of sulfone groups is 1. The van der Waals surface area contributed by atoms with Crippen LogP contribution in [0.5, 0.6) is 0 Å². The second-order valence-corrected chi connectivity index (χ2v) is 9.61. The van der Waals surface area contributed by atoms with E-state index in [9.17, 15) is 8.42 Å². The van der Waals surface area contributed by atoms with E-state index in [1.807, 2.05) is 24.6 Å². The van der Waals surface area contributed by atoms with Crippen LogP contribution in [0.15, 0.2) is 28.1 Å². The zero-order chi connectivity index (χ0) is 21.7. The molecule has 2 N–H and O–H groups in total. The molecule has 1 aromatic heterocycles. The van der Waals surface area contributed by atoms with Gasteiger partial charge in [-0.15, -0.1) is 34.2 Å². The Morgan fingerprint density at radius 3 is 2.65 bits per heavy atom. The molecule has 9 nitrogen and oxygen atoms in total. The highest BCUT2D eigenvalue weighted by Gasteiger charge is 2.16. The fraction of sp³-hybridized carbons (Fsp3) is 0.550. The number of aliphatic imine (C=N–C) groups is 1. The number of guanidine groups is 1. The van der Waals surface area contributed by atoms with E-state index in [2.05, 4.69) is 25.8 Å². The molecule has 1 fully saturated rings. The van der Waals surface area contributed by atoms with Gasteiger partial charge in [-0.05, 0) is 43.9 Å². The molecule has 31 heavy (non-hydrogen) atoms. The lowest BCUT2D eigenvalue weighted by atomic mass is 10.1. The van der Waals surface area contributed by atoms with E-state index in [0.29, 0.717) is 30.5 Å². The number of rotatable bonds is 7. The minimum Gasteiger partial charge on any atom is -0.376 e. The quantitative estimate of drug-likeness (QED) is 0.301. The zero-order valence-electron chi connectivity index (χ0n) is 18.4. The third-order valence-corrected chi connectivity index (χ3v) is 6.43. The van der Waals surface area contributed by atoms with Crippen molar-refractivity contribution >= 4 is 39.8 Å². The third-order valence-electron chi connectivity index (χ3n) is 5.18. The summed E-state index contributed by atoms with van der Waals surface area (Å²) in [7, 11) is -1.30. The number of hydrogen-bond donors (Lipinski definition) is 2. The molecule has 2 heterocycles. The first-order valence-corrected chi connectivity index (χ1v) is 11.9. The maximum absolute atomic E-state index is 11.8. The summed E-state index contributed by atoms with van der Waals surface area (Å²) < 4.78 is 31.2. The predicted octanol–water partition coefficient (Wildman–Crippen LogP) is 1.87. The Hall–Kier alpha value is -1.73. The maximum atomic E-state index is 11.8. The van der Waals surface area contributed by atoms with Crippen molar-refractivity contribution in [2.75, 3.05) is 19.4 Å². The Morgan fingerprint density at radius 2 is 2.06 bits per heavy atom. The van der Waals surface area contributed by atoms with Gasteiger partial charge in [-0.3, -0.25) is 0 Å². The van der Waals surface area contributed by atoms with Gasteiger partial charge >= 0.3 is 0 Å². The number of aromatic nitrogens is 3. The van der Waals surface area contributed by atoms with E-state index in [4.69, 9.17) is 4.74 Å². The molecule has 1 aliphatic rings. The molecule has 3 rings (SSSR count). The largest absolute Gasteiger partial charge is 0.376 e. The van der Waals surface area contributed by atoms with Gasteiger partial charge in [0.15, 0.2) is 21.6 Å². The molecule has 0 spiro atoms. The SMILES string of the molecule is Cc1cc(CN=C(NCc2nnc(C)n2C)NCC2CCCO2)ccc1S(C)(=O)=O.I. The van der Waals surface area contributed by atoms with Gasteiger partial charge in [0, 0.05) is 26.5 Å². The van der Waals surface area contributed by atoms with Crippen LogP contribution < -0.4 is 10.6 Å². The highest BCUT2D eigenvalue weighted by Crippen LogP contribution is 2.17. The molecule has 11 heteroatoms. The Labute approximate surface area is 201 Å². The van der Waals surface area contributed by atoms with Crippen molar-refractivity contribution < 1.29 is 13.2 Å². The van der Waals surface area contributed by atoms with Crippen LogP contribution in [0.3, 0.4) is 0 Å². The minimum absolute atomic E-state index is 0. The van der Waals surface area contributed by atoms with Crippen LogP contribution in [-0.4, -0.2) is 54.7 Å². The van der Waals surface area contributed by atoms with Gasteiger partial charge in [-0.1, -0.05) is 12.1 Å². The van der Waals surface area contributed by atoms with Gasteiger partial charge in [0.2, 0.25) is 0 Å². The molecule has 1 atom stereocenters. The van der Waals surface area contributed by atoms with Crippen LogP contribution in [0.1, 0.15) is 35.6 Å². The fourth-order valence-electron chi connectivity index (χ4n) is 3.35. The van der Waals surface area contributed by atoms with Crippen LogP contribution in [0, 0.1) is 13.8 Å². The molecule has 0 aliphatic carbocycles. The Morgan fingerprint density at radius 1 is 1.29 bits per heavy atom. The van der Waals surface area contributed by atoms with Crippen LogP contribution in [0.2, 0.25) is 0 Å². The number of nitrogens with one attached hydrogen (secondary N) is 2. The van der Waals surface area contributed by atoms with E-state index < -0.39 is 9.84 Å². The molecule has 0 radical (unpaired) electrons. The molecule has 1 unspecified atom stereocenters. The summed E-state index contributed by atoms with van der Waals surface area (Å²) in [5.74, 6) is 2.31. The average molecular weight is 562 g/mol. The van der Waals surface area contributed by atoms with Crippen LogP contribution in [-0.2, 0) is 34.7 Å². The predicted molar refractivity (Wildman–Crippen MR) is 130 cm³/mol. The van der Waals surface area contributed by atoms with E-state index in [0.717, 1.165) is 42.2 Å². The molecule has 1 saturated heterocycles. The van der Waals surface area contributed by atoms with Crippen molar-refractivity contribution in [2.45, 2.75) is 50.8 Å². The molecular weight excluding hydrogens is 531 g/mol. The number of hydrogen-bond acceptors (Lipinski definition) is 6. The summed E-state index contributed by atoms with van der Waals surface area (Å²) in [4.78, 5) is 5.02.